The molecule has 0 radical (unpaired) electrons. The quantitative estimate of drug-likeness (QED) is 0.825. The lowest BCUT2D eigenvalue weighted by Gasteiger charge is -2.33. The van der Waals surface area contributed by atoms with Crippen LogP contribution in [0.25, 0.3) is 0 Å². The topological polar surface area (TPSA) is 42.3 Å². The van der Waals surface area contributed by atoms with Crippen molar-refractivity contribution in [1.82, 2.24) is 9.47 Å². The maximum atomic E-state index is 13.8. The molecule has 0 aliphatic carbocycles. The molecule has 1 amide bonds. The van der Waals surface area contributed by atoms with Gasteiger partial charge in [0.2, 0.25) is 0 Å². The molecule has 4 nitrogen and oxygen atoms in total. The Morgan fingerprint density at radius 3 is 2.74 bits per heavy atom. The lowest BCUT2D eigenvalue weighted by Crippen LogP contribution is -2.42. The summed E-state index contributed by atoms with van der Waals surface area (Å²) in [6.07, 6.45) is 3.46. The molecule has 0 bridgehead atoms. The first-order valence-corrected chi connectivity index (χ1v) is 9.58. The molecule has 3 rings (SSSR count). The Bertz CT molecular complexity index is 904. The van der Waals surface area contributed by atoms with Gasteiger partial charge in [0.1, 0.15) is 11.4 Å². The molecule has 2 aromatic rings. The molecule has 27 heavy (non-hydrogen) atoms. The van der Waals surface area contributed by atoms with Gasteiger partial charge in [0, 0.05) is 25.8 Å². The SMILES string of the molecule is Cc1cc(C(=O)N2CCCC(CCc3ccccc3F)C2)c(=O)n(C)c1C. The molecule has 0 spiro atoms. The number of amides is 1. The molecule has 2 heterocycles. The number of pyridine rings is 1. The highest BCUT2D eigenvalue weighted by Gasteiger charge is 2.26. The van der Waals surface area contributed by atoms with E-state index >= 15 is 0 Å². The predicted octanol–water partition coefficient (Wildman–Crippen LogP) is 3.63. The van der Waals surface area contributed by atoms with Crippen molar-refractivity contribution in [2.45, 2.75) is 39.5 Å². The van der Waals surface area contributed by atoms with Gasteiger partial charge >= 0.3 is 0 Å². The van der Waals surface area contributed by atoms with Crippen LogP contribution in [0, 0.1) is 25.6 Å². The average molecular weight is 370 g/mol. The van der Waals surface area contributed by atoms with Crippen molar-refractivity contribution in [2.75, 3.05) is 13.1 Å². The third kappa shape index (κ3) is 4.12. The number of likely N-dealkylation sites (tertiary alicyclic amines) is 1. The van der Waals surface area contributed by atoms with Crippen molar-refractivity contribution >= 4 is 5.91 Å². The minimum atomic E-state index is -0.239. The molecule has 1 atom stereocenters. The van der Waals surface area contributed by atoms with Crippen molar-refractivity contribution < 1.29 is 9.18 Å². The Hall–Kier alpha value is -2.43. The molecule has 0 N–H and O–H groups in total. The van der Waals surface area contributed by atoms with Crippen molar-refractivity contribution in [3.05, 3.63) is 68.9 Å². The molecule has 1 aromatic heterocycles. The second kappa shape index (κ2) is 8.07. The van der Waals surface area contributed by atoms with Crippen LogP contribution in [0.1, 0.15) is 46.4 Å². The van der Waals surface area contributed by atoms with E-state index < -0.39 is 0 Å². The van der Waals surface area contributed by atoms with Crippen LogP contribution in [-0.2, 0) is 13.5 Å². The van der Waals surface area contributed by atoms with Crippen LogP contribution < -0.4 is 5.56 Å². The van der Waals surface area contributed by atoms with E-state index in [1.165, 1.54) is 6.07 Å². The van der Waals surface area contributed by atoms with Crippen molar-refractivity contribution in [2.24, 2.45) is 13.0 Å². The van der Waals surface area contributed by atoms with Gasteiger partial charge in [-0.1, -0.05) is 18.2 Å². The number of aryl methyl sites for hydroxylation is 2. The van der Waals surface area contributed by atoms with E-state index in [1.807, 2.05) is 26.0 Å². The second-order valence-electron chi connectivity index (χ2n) is 7.58. The highest BCUT2D eigenvalue weighted by Crippen LogP contribution is 2.23. The number of hydrogen-bond acceptors (Lipinski definition) is 2. The van der Waals surface area contributed by atoms with E-state index in [0.29, 0.717) is 25.4 Å². The van der Waals surface area contributed by atoms with Gasteiger partial charge in [-0.05, 0) is 68.7 Å². The fourth-order valence-corrected chi connectivity index (χ4v) is 3.85. The van der Waals surface area contributed by atoms with Crippen LogP contribution >= 0.6 is 0 Å². The number of aromatic nitrogens is 1. The average Bonchev–Trinajstić information content (AvgIpc) is 2.68. The van der Waals surface area contributed by atoms with Crippen molar-refractivity contribution in [1.29, 1.82) is 0 Å². The summed E-state index contributed by atoms with van der Waals surface area (Å²) in [5.74, 6) is -0.0214. The molecule has 144 valence electrons. The first kappa shape index (κ1) is 19.3. The number of carbonyl (C=O) groups excluding carboxylic acids is 1. The van der Waals surface area contributed by atoms with Gasteiger partial charge < -0.3 is 9.47 Å². The highest BCUT2D eigenvalue weighted by molar-refractivity contribution is 5.94. The third-order valence-corrected chi connectivity index (χ3v) is 5.79. The van der Waals surface area contributed by atoms with Crippen molar-refractivity contribution in [3.8, 4) is 0 Å². The highest BCUT2D eigenvalue weighted by atomic mass is 19.1. The van der Waals surface area contributed by atoms with Crippen molar-refractivity contribution in [3.63, 3.8) is 0 Å². The van der Waals surface area contributed by atoms with Gasteiger partial charge in [0.15, 0.2) is 0 Å². The molecular formula is C22H27FN2O2. The minimum absolute atomic E-state index is 0.167. The summed E-state index contributed by atoms with van der Waals surface area (Å²) in [5, 5.41) is 0. The fraction of sp³-hybridized carbons (Fsp3) is 0.455. The number of piperidine rings is 1. The lowest BCUT2D eigenvalue weighted by atomic mass is 9.91. The van der Waals surface area contributed by atoms with Crippen LogP contribution in [-0.4, -0.2) is 28.5 Å². The minimum Gasteiger partial charge on any atom is -0.338 e. The van der Waals surface area contributed by atoms with Gasteiger partial charge in [-0.2, -0.15) is 0 Å². The normalized spacial score (nSPS) is 17.2. The molecule has 1 unspecified atom stereocenters. The summed E-state index contributed by atoms with van der Waals surface area (Å²) < 4.78 is 15.4. The summed E-state index contributed by atoms with van der Waals surface area (Å²) >= 11 is 0. The second-order valence-corrected chi connectivity index (χ2v) is 7.58. The number of carbonyl (C=O) groups is 1. The molecule has 1 fully saturated rings. The molecule has 0 saturated carbocycles. The Morgan fingerprint density at radius 1 is 1.26 bits per heavy atom. The zero-order chi connectivity index (χ0) is 19.6. The molecule has 5 heteroatoms. The lowest BCUT2D eigenvalue weighted by molar-refractivity contribution is 0.0665. The van der Waals surface area contributed by atoms with Gasteiger partial charge in [0.25, 0.3) is 11.5 Å². The first-order chi connectivity index (χ1) is 12.9. The van der Waals surface area contributed by atoms with Gasteiger partial charge in [-0.15, -0.1) is 0 Å². The Balaban J connectivity index is 1.70. The van der Waals surface area contributed by atoms with Gasteiger partial charge in [-0.25, -0.2) is 4.39 Å². The van der Waals surface area contributed by atoms with E-state index in [1.54, 1.807) is 28.6 Å². The van der Waals surface area contributed by atoms with Gasteiger partial charge in [0.05, 0.1) is 0 Å². The maximum absolute atomic E-state index is 13.8. The Labute approximate surface area is 159 Å². The van der Waals surface area contributed by atoms with E-state index in [-0.39, 0.29) is 22.8 Å². The maximum Gasteiger partial charge on any atom is 0.263 e. The zero-order valence-electron chi connectivity index (χ0n) is 16.3. The number of nitrogens with zero attached hydrogens (tertiary/aromatic N) is 2. The largest absolute Gasteiger partial charge is 0.338 e. The van der Waals surface area contributed by atoms with E-state index in [9.17, 15) is 14.0 Å². The number of halogens is 1. The summed E-state index contributed by atoms with van der Waals surface area (Å²) in [4.78, 5) is 27.3. The summed E-state index contributed by atoms with van der Waals surface area (Å²) in [5.41, 5.74) is 2.54. The fourth-order valence-electron chi connectivity index (χ4n) is 3.85. The molecule has 1 saturated heterocycles. The summed E-state index contributed by atoms with van der Waals surface area (Å²) in [6, 6.07) is 8.57. The van der Waals surface area contributed by atoms with Crippen LogP contribution in [0.3, 0.4) is 0 Å². The Morgan fingerprint density at radius 2 is 2.00 bits per heavy atom. The first-order valence-electron chi connectivity index (χ1n) is 9.58. The smallest absolute Gasteiger partial charge is 0.263 e. The van der Waals surface area contributed by atoms with Crippen LogP contribution in [0.15, 0.2) is 35.1 Å². The standard InChI is InChI=1S/C22H27FN2O2/c1-15-13-19(21(26)24(3)16(15)2)22(27)25-12-6-7-17(14-25)10-11-18-8-4-5-9-20(18)23/h4-5,8-9,13,17H,6-7,10-12,14H2,1-3H3. The zero-order valence-corrected chi connectivity index (χ0v) is 16.3. The Kier molecular flexibility index (Phi) is 5.78. The monoisotopic (exact) mass is 370 g/mol. The van der Waals surface area contributed by atoms with E-state index in [0.717, 1.165) is 36.1 Å². The van der Waals surface area contributed by atoms with Gasteiger partial charge in [-0.3, -0.25) is 9.59 Å². The van der Waals surface area contributed by atoms with Crippen LogP contribution in [0.4, 0.5) is 4.39 Å². The molecule has 1 aliphatic rings. The van der Waals surface area contributed by atoms with Crippen LogP contribution in [0.2, 0.25) is 0 Å². The predicted molar refractivity (Wildman–Crippen MR) is 105 cm³/mol. The number of benzene rings is 1. The molecular weight excluding hydrogens is 343 g/mol. The summed E-state index contributed by atoms with van der Waals surface area (Å²) in [7, 11) is 1.70. The van der Waals surface area contributed by atoms with E-state index in [4.69, 9.17) is 0 Å². The molecule has 1 aliphatic heterocycles. The van der Waals surface area contributed by atoms with Crippen LogP contribution in [0.5, 0.6) is 0 Å². The number of rotatable bonds is 4. The number of hydrogen-bond donors (Lipinski definition) is 0. The molecule has 1 aromatic carbocycles. The third-order valence-electron chi connectivity index (χ3n) is 5.79. The summed E-state index contributed by atoms with van der Waals surface area (Å²) in [6.45, 7) is 5.10. The van der Waals surface area contributed by atoms with E-state index in [2.05, 4.69) is 0 Å².